The number of rotatable bonds is 7. The predicted octanol–water partition coefficient (Wildman–Crippen LogP) is 2.27. The fourth-order valence-electron chi connectivity index (χ4n) is 1.89. The minimum Gasteiger partial charge on any atom is -0.480 e. The Balaban J connectivity index is 2.02. The zero-order valence-corrected chi connectivity index (χ0v) is 12.4. The largest absolute Gasteiger partial charge is 0.480 e. The first kappa shape index (κ1) is 15.2. The summed E-state index contributed by atoms with van der Waals surface area (Å²) in [6.45, 7) is 2.02. The van der Waals surface area contributed by atoms with Crippen LogP contribution in [0, 0.1) is 0 Å². The van der Waals surface area contributed by atoms with E-state index in [0.717, 1.165) is 4.88 Å². The lowest BCUT2D eigenvalue weighted by Crippen LogP contribution is -2.37. The second-order valence-corrected chi connectivity index (χ2v) is 5.45. The van der Waals surface area contributed by atoms with Gasteiger partial charge in [-0.05, 0) is 17.9 Å². The normalized spacial score (nSPS) is 10.5. The Morgan fingerprint density at radius 2 is 2.29 bits per heavy atom. The fraction of sp³-hybridized carbons (Fsp3) is 0.357. The van der Waals surface area contributed by atoms with E-state index in [1.807, 2.05) is 24.4 Å². The molecule has 0 atom stereocenters. The average Bonchev–Trinajstić information content (AvgIpc) is 3.07. The van der Waals surface area contributed by atoms with Crippen LogP contribution >= 0.6 is 11.3 Å². The van der Waals surface area contributed by atoms with E-state index in [4.69, 9.17) is 9.52 Å². The van der Waals surface area contributed by atoms with Crippen molar-refractivity contribution in [2.24, 2.45) is 0 Å². The van der Waals surface area contributed by atoms with E-state index in [9.17, 15) is 9.59 Å². The lowest BCUT2D eigenvalue weighted by Gasteiger charge is -2.19. The molecule has 0 radical (unpaired) electrons. The van der Waals surface area contributed by atoms with E-state index in [1.54, 1.807) is 0 Å². The summed E-state index contributed by atoms with van der Waals surface area (Å²) in [5.41, 5.74) is 0.509. The summed E-state index contributed by atoms with van der Waals surface area (Å²) < 4.78 is 5.34. The second-order valence-electron chi connectivity index (χ2n) is 4.51. The molecular weight excluding hydrogens is 292 g/mol. The maximum atomic E-state index is 12.1. The Kier molecular flexibility index (Phi) is 5.10. The number of carbonyl (C=O) groups is 2. The highest BCUT2D eigenvalue weighted by molar-refractivity contribution is 7.13. The van der Waals surface area contributed by atoms with Gasteiger partial charge in [0.25, 0.3) is 0 Å². The predicted molar refractivity (Wildman–Crippen MR) is 78.0 cm³/mol. The summed E-state index contributed by atoms with van der Waals surface area (Å²) >= 11 is 1.50. The lowest BCUT2D eigenvalue weighted by molar-refractivity contribution is -0.144. The molecule has 1 amide bonds. The maximum absolute atomic E-state index is 12.1. The third kappa shape index (κ3) is 4.16. The van der Waals surface area contributed by atoms with Crippen LogP contribution in [0.4, 0.5) is 0 Å². The minimum atomic E-state index is -1.02. The first-order chi connectivity index (χ1) is 10.1. The van der Waals surface area contributed by atoms with Crippen molar-refractivity contribution in [1.29, 1.82) is 0 Å². The average molecular weight is 308 g/mol. The first-order valence-electron chi connectivity index (χ1n) is 6.58. The van der Waals surface area contributed by atoms with Gasteiger partial charge in [0.15, 0.2) is 0 Å². The van der Waals surface area contributed by atoms with E-state index in [2.05, 4.69) is 4.98 Å². The molecule has 2 rings (SSSR count). The number of aliphatic carboxylic acids is 1. The molecule has 0 bridgehead atoms. The number of oxazole rings is 1. The van der Waals surface area contributed by atoms with Gasteiger partial charge in [-0.25, -0.2) is 4.98 Å². The zero-order chi connectivity index (χ0) is 15.2. The van der Waals surface area contributed by atoms with Gasteiger partial charge >= 0.3 is 5.97 Å². The van der Waals surface area contributed by atoms with Crippen molar-refractivity contribution in [1.82, 2.24) is 9.88 Å². The van der Waals surface area contributed by atoms with Gasteiger partial charge in [0.1, 0.15) is 12.8 Å². The molecule has 0 aliphatic carbocycles. The molecule has 0 saturated carbocycles. The molecule has 21 heavy (non-hydrogen) atoms. The van der Waals surface area contributed by atoms with Crippen LogP contribution in [0.1, 0.15) is 19.0 Å². The Morgan fingerprint density at radius 1 is 1.48 bits per heavy atom. The fourth-order valence-corrected chi connectivity index (χ4v) is 2.55. The quantitative estimate of drug-likeness (QED) is 0.848. The Hall–Kier alpha value is -2.15. The van der Waals surface area contributed by atoms with Crippen LogP contribution in [0.15, 0.2) is 28.2 Å². The standard InChI is InChI=1S/C14H16N2O4S/c1-2-5-16(8-13(18)19)12(17)7-10-9-20-14(15-10)11-4-3-6-21-11/h3-4,6,9H,2,5,7-8H2,1H3,(H,18,19). The highest BCUT2D eigenvalue weighted by atomic mass is 32.1. The number of aromatic nitrogens is 1. The molecule has 112 valence electrons. The summed E-state index contributed by atoms with van der Waals surface area (Å²) in [5.74, 6) is -0.797. The van der Waals surface area contributed by atoms with Crippen molar-refractivity contribution in [2.45, 2.75) is 19.8 Å². The van der Waals surface area contributed by atoms with E-state index < -0.39 is 5.97 Å². The van der Waals surface area contributed by atoms with Crippen LogP contribution in [-0.4, -0.2) is 40.0 Å². The van der Waals surface area contributed by atoms with Crippen molar-refractivity contribution in [3.05, 3.63) is 29.5 Å². The van der Waals surface area contributed by atoms with Crippen molar-refractivity contribution in [3.63, 3.8) is 0 Å². The molecule has 2 heterocycles. The second kappa shape index (κ2) is 7.03. The van der Waals surface area contributed by atoms with Gasteiger partial charge in [0.05, 0.1) is 17.0 Å². The molecule has 0 fully saturated rings. The molecule has 7 heteroatoms. The molecule has 0 unspecified atom stereocenters. The van der Waals surface area contributed by atoms with Gasteiger partial charge in [0.2, 0.25) is 11.8 Å². The number of nitrogens with zero attached hydrogens (tertiary/aromatic N) is 2. The first-order valence-corrected chi connectivity index (χ1v) is 7.46. The Morgan fingerprint density at radius 3 is 2.90 bits per heavy atom. The highest BCUT2D eigenvalue weighted by Gasteiger charge is 2.18. The SMILES string of the molecule is CCCN(CC(=O)O)C(=O)Cc1coc(-c2cccs2)n1. The van der Waals surface area contributed by atoms with Crippen molar-refractivity contribution in [3.8, 4) is 10.8 Å². The van der Waals surface area contributed by atoms with E-state index in [-0.39, 0.29) is 18.9 Å². The Labute approximate surface area is 126 Å². The van der Waals surface area contributed by atoms with Crippen molar-refractivity contribution < 1.29 is 19.1 Å². The van der Waals surface area contributed by atoms with E-state index in [1.165, 1.54) is 22.5 Å². The lowest BCUT2D eigenvalue weighted by atomic mass is 10.2. The van der Waals surface area contributed by atoms with Gasteiger partial charge in [-0.1, -0.05) is 13.0 Å². The van der Waals surface area contributed by atoms with Crippen molar-refractivity contribution in [2.75, 3.05) is 13.1 Å². The van der Waals surface area contributed by atoms with Gasteiger partial charge in [-0.15, -0.1) is 11.3 Å². The molecule has 2 aromatic rings. The number of carboxylic acids is 1. The van der Waals surface area contributed by atoms with Gasteiger partial charge in [0, 0.05) is 6.54 Å². The topological polar surface area (TPSA) is 83.6 Å². The van der Waals surface area contributed by atoms with Crippen LogP contribution in [0.2, 0.25) is 0 Å². The molecule has 0 aliphatic rings. The van der Waals surface area contributed by atoms with Crippen molar-refractivity contribution >= 4 is 23.2 Å². The number of hydrogen-bond acceptors (Lipinski definition) is 5. The molecule has 0 spiro atoms. The molecule has 0 aromatic carbocycles. The summed E-state index contributed by atoms with van der Waals surface area (Å²) in [7, 11) is 0. The number of hydrogen-bond donors (Lipinski definition) is 1. The van der Waals surface area contributed by atoms with Crippen LogP contribution in [0.25, 0.3) is 10.8 Å². The Bertz CT molecular complexity index is 606. The van der Waals surface area contributed by atoms with Gasteiger partial charge in [-0.2, -0.15) is 0 Å². The summed E-state index contributed by atoms with van der Waals surface area (Å²) in [4.78, 5) is 29.4. The van der Waals surface area contributed by atoms with Gasteiger partial charge < -0.3 is 14.4 Å². The third-order valence-corrected chi connectivity index (χ3v) is 3.65. The number of carboxylic acid groups (broad SMARTS) is 1. The number of thiophene rings is 1. The smallest absolute Gasteiger partial charge is 0.323 e. The summed E-state index contributed by atoms with van der Waals surface area (Å²) in [6, 6.07) is 3.78. The third-order valence-electron chi connectivity index (χ3n) is 2.79. The summed E-state index contributed by atoms with van der Waals surface area (Å²) in [6.07, 6.45) is 2.19. The minimum absolute atomic E-state index is 0.0438. The van der Waals surface area contributed by atoms with Crippen LogP contribution in [-0.2, 0) is 16.0 Å². The molecular formula is C14H16N2O4S. The number of carbonyl (C=O) groups excluding carboxylic acids is 1. The van der Waals surface area contributed by atoms with E-state index >= 15 is 0 Å². The van der Waals surface area contributed by atoms with Crippen LogP contribution in [0.5, 0.6) is 0 Å². The maximum Gasteiger partial charge on any atom is 0.323 e. The molecule has 0 saturated heterocycles. The molecule has 6 nitrogen and oxygen atoms in total. The highest BCUT2D eigenvalue weighted by Crippen LogP contribution is 2.23. The molecule has 1 N–H and O–H groups in total. The summed E-state index contributed by atoms with van der Waals surface area (Å²) in [5, 5.41) is 10.7. The number of amides is 1. The van der Waals surface area contributed by atoms with Crippen LogP contribution in [0.3, 0.4) is 0 Å². The van der Waals surface area contributed by atoms with Crippen LogP contribution < -0.4 is 0 Å². The monoisotopic (exact) mass is 308 g/mol. The van der Waals surface area contributed by atoms with Gasteiger partial charge in [-0.3, -0.25) is 9.59 Å². The molecule has 0 aliphatic heterocycles. The van der Waals surface area contributed by atoms with E-state index in [0.29, 0.717) is 24.6 Å². The zero-order valence-electron chi connectivity index (χ0n) is 11.6. The molecule has 2 aromatic heterocycles.